The second kappa shape index (κ2) is 6.23. The molecule has 1 saturated heterocycles. The van der Waals surface area contributed by atoms with Crippen molar-refractivity contribution < 1.29 is 4.79 Å². The highest BCUT2D eigenvalue weighted by atomic mass is 16.2. The first-order valence-corrected chi connectivity index (χ1v) is 8.85. The van der Waals surface area contributed by atoms with Gasteiger partial charge in [0.15, 0.2) is 0 Å². The van der Waals surface area contributed by atoms with Crippen LogP contribution in [-0.2, 0) is 24.1 Å². The molecule has 0 saturated carbocycles. The number of nitrogens with one attached hydrogen (secondary N) is 1. The molecule has 2 aromatic rings. The minimum atomic E-state index is 0.232. The number of amides is 1. The summed E-state index contributed by atoms with van der Waals surface area (Å²) >= 11 is 0. The van der Waals surface area contributed by atoms with Crippen LogP contribution in [0, 0.1) is 0 Å². The highest BCUT2D eigenvalue weighted by Gasteiger charge is 2.30. The smallest absolute Gasteiger partial charge is 0.227 e. The minimum Gasteiger partial charge on any atom is -0.363 e. The Morgan fingerprint density at radius 3 is 2.83 bits per heavy atom. The van der Waals surface area contributed by atoms with Crippen molar-refractivity contribution in [1.82, 2.24) is 9.88 Å². The van der Waals surface area contributed by atoms with E-state index >= 15 is 0 Å². The molecule has 120 valence electrons. The van der Waals surface area contributed by atoms with Crippen LogP contribution in [-0.4, -0.2) is 22.3 Å². The van der Waals surface area contributed by atoms with E-state index in [1.165, 1.54) is 48.1 Å². The molecule has 1 N–H and O–H groups in total. The molecule has 1 amide bonds. The lowest BCUT2D eigenvalue weighted by atomic mass is 9.90. The van der Waals surface area contributed by atoms with Crippen molar-refractivity contribution in [3.05, 3.63) is 58.9 Å². The summed E-state index contributed by atoms with van der Waals surface area (Å²) in [6.45, 7) is 0.882. The Kier molecular flexibility index (Phi) is 3.94. The molecule has 1 fully saturated rings. The topological polar surface area (TPSA) is 36.1 Å². The molecule has 2 aliphatic rings. The highest BCUT2D eigenvalue weighted by Crippen LogP contribution is 2.31. The third-order valence-corrected chi connectivity index (χ3v) is 5.32. The average Bonchev–Trinajstić information content (AvgIpc) is 3.25. The number of carbonyl (C=O) groups excluding carboxylic acids is 1. The fourth-order valence-electron chi connectivity index (χ4n) is 4.11. The first-order chi connectivity index (χ1) is 11.3. The van der Waals surface area contributed by atoms with Gasteiger partial charge in [-0.3, -0.25) is 4.79 Å². The number of H-pyrrole nitrogens is 1. The summed E-state index contributed by atoms with van der Waals surface area (Å²) in [7, 11) is 0. The summed E-state index contributed by atoms with van der Waals surface area (Å²) in [4.78, 5) is 18.1. The number of hydrogen-bond acceptors (Lipinski definition) is 1. The number of nitrogens with zero attached hydrogens (tertiary/aromatic N) is 1. The zero-order valence-electron chi connectivity index (χ0n) is 13.6. The van der Waals surface area contributed by atoms with Gasteiger partial charge in [-0.2, -0.15) is 0 Å². The fourth-order valence-corrected chi connectivity index (χ4v) is 4.11. The van der Waals surface area contributed by atoms with E-state index in [9.17, 15) is 4.79 Å². The number of aromatic amines is 1. The van der Waals surface area contributed by atoms with Crippen molar-refractivity contribution in [3.8, 4) is 0 Å². The molecule has 1 aliphatic carbocycles. The number of benzene rings is 1. The first-order valence-electron chi connectivity index (χ1n) is 8.85. The van der Waals surface area contributed by atoms with E-state index in [-0.39, 0.29) is 11.9 Å². The van der Waals surface area contributed by atoms with E-state index in [1.807, 2.05) is 12.3 Å². The van der Waals surface area contributed by atoms with Crippen LogP contribution in [0.5, 0.6) is 0 Å². The number of likely N-dealkylation sites (tertiary alicyclic amines) is 1. The van der Waals surface area contributed by atoms with Gasteiger partial charge in [-0.1, -0.05) is 18.2 Å². The molecule has 4 rings (SSSR count). The molecular weight excluding hydrogens is 284 g/mol. The van der Waals surface area contributed by atoms with Gasteiger partial charge in [-0.25, -0.2) is 0 Å². The Bertz CT molecular complexity index is 690. The van der Waals surface area contributed by atoms with Crippen molar-refractivity contribution in [2.24, 2.45) is 0 Å². The summed E-state index contributed by atoms with van der Waals surface area (Å²) in [5, 5.41) is 0. The molecule has 0 spiro atoms. The number of aromatic nitrogens is 1. The second-order valence-corrected chi connectivity index (χ2v) is 6.86. The predicted octanol–water partition coefficient (Wildman–Crippen LogP) is 3.80. The van der Waals surface area contributed by atoms with E-state index in [4.69, 9.17) is 0 Å². The SMILES string of the molecule is O=C(Cc1ccc2c(c1)CCCC2)N1CCCC1c1ccc[nH]1. The molecule has 1 atom stereocenters. The average molecular weight is 308 g/mol. The van der Waals surface area contributed by atoms with Gasteiger partial charge in [0.25, 0.3) is 0 Å². The van der Waals surface area contributed by atoms with Crippen molar-refractivity contribution in [1.29, 1.82) is 0 Å². The molecular formula is C20H24N2O. The van der Waals surface area contributed by atoms with Gasteiger partial charge in [0, 0.05) is 18.4 Å². The van der Waals surface area contributed by atoms with Gasteiger partial charge in [0.2, 0.25) is 5.91 Å². The van der Waals surface area contributed by atoms with Crippen LogP contribution in [0.2, 0.25) is 0 Å². The van der Waals surface area contributed by atoms with Gasteiger partial charge in [-0.15, -0.1) is 0 Å². The summed E-state index contributed by atoms with van der Waals surface area (Å²) in [5.41, 5.74) is 5.29. The van der Waals surface area contributed by atoms with E-state index in [1.54, 1.807) is 0 Å². The molecule has 1 unspecified atom stereocenters. The lowest BCUT2D eigenvalue weighted by Crippen LogP contribution is -2.32. The van der Waals surface area contributed by atoms with Crippen molar-refractivity contribution in [2.45, 2.75) is 51.0 Å². The van der Waals surface area contributed by atoms with Crippen LogP contribution >= 0.6 is 0 Å². The van der Waals surface area contributed by atoms with Crippen LogP contribution in [0.1, 0.15) is 54.1 Å². The molecule has 2 heterocycles. The van der Waals surface area contributed by atoms with Crippen LogP contribution in [0.4, 0.5) is 0 Å². The lowest BCUT2D eigenvalue weighted by molar-refractivity contribution is -0.131. The minimum absolute atomic E-state index is 0.232. The van der Waals surface area contributed by atoms with Gasteiger partial charge in [0.1, 0.15) is 0 Å². The zero-order valence-corrected chi connectivity index (χ0v) is 13.6. The number of hydrogen-bond donors (Lipinski definition) is 1. The molecule has 0 radical (unpaired) electrons. The number of aryl methyl sites for hydroxylation is 2. The van der Waals surface area contributed by atoms with E-state index in [0.717, 1.165) is 19.4 Å². The molecule has 0 bridgehead atoms. The van der Waals surface area contributed by atoms with E-state index in [0.29, 0.717) is 6.42 Å². The van der Waals surface area contributed by atoms with Gasteiger partial charge < -0.3 is 9.88 Å². The molecule has 23 heavy (non-hydrogen) atoms. The number of carbonyl (C=O) groups is 1. The highest BCUT2D eigenvalue weighted by molar-refractivity contribution is 5.79. The quantitative estimate of drug-likeness (QED) is 0.920. The van der Waals surface area contributed by atoms with E-state index < -0.39 is 0 Å². The van der Waals surface area contributed by atoms with Crippen molar-refractivity contribution in [2.75, 3.05) is 6.54 Å². The van der Waals surface area contributed by atoms with E-state index in [2.05, 4.69) is 34.1 Å². The lowest BCUT2D eigenvalue weighted by Gasteiger charge is -2.24. The predicted molar refractivity (Wildman–Crippen MR) is 91.3 cm³/mol. The summed E-state index contributed by atoms with van der Waals surface area (Å²) in [6.07, 6.45) is 9.60. The number of rotatable bonds is 3. The standard InChI is InChI=1S/C20H24N2O/c23-20(22-12-4-8-19(22)18-7-3-11-21-18)14-15-9-10-16-5-1-2-6-17(16)13-15/h3,7,9-11,13,19,21H,1-2,4-6,8,12,14H2. The third-order valence-electron chi connectivity index (χ3n) is 5.32. The second-order valence-electron chi connectivity index (χ2n) is 6.86. The summed E-state index contributed by atoms with van der Waals surface area (Å²) in [5.74, 6) is 0.262. The van der Waals surface area contributed by atoms with Crippen LogP contribution in [0.15, 0.2) is 36.5 Å². The monoisotopic (exact) mass is 308 g/mol. The molecule has 1 aromatic carbocycles. The Balaban J connectivity index is 1.49. The summed E-state index contributed by atoms with van der Waals surface area (Å²) in [6, 6.07) is 11.0. The van der Waals surface area contributed by atoms with Gasteiger partial charge >= 0.3 is 0 Å². The normalized spacial score (nSPS) is 20.5. The number of fused-ring (bicyclic) bond motifs is 1. The maximum atomic E-state index is 12.8. The molecule has 3 heteroatoms. The maximum Gasteiger partial charge on any atom is 0.227 e. The van der Waals surface area contributed by atoms with Crippen molar-refractivity contribution in [3.63, 3.8) is 0 Å². The van der Waals surface area contributed by atoms with Crippen LogP contribution < -0.4 is 0 Å². The van der Waals surface area contributed by atoms with Crippen LogP contribution in [0.25, 0.3) is 0 Å². The Morgan fingerprint density at radius 1 is 1.13 bits per heavy atom. The fraction of sp³-hybridized carbons (Fsp3) is 0.450. The summed E-state index contributed by atoms with van der Waals surface area (Å²) < 4.78 is 0. The molecule has 3 nitrogen and oxygen atoms in total. The zero-order chi connectivity index (χ0) is 15.6. The Morgan fingerprint density at radius 2 is 2.00 bits per heavy atom. The molecule has 1 aliphatic heterocycles. The Hall–Kier alpha value is -2.03. The van der Waals surface area contributed by atoms with Gasteiger partial charge in [-0.05, 0) is 67.3 Å². The third kappa shape index (κ3) is 2.92. The maximum absolute atomic E-state index is 12.8. The van der Waals surface area contributed by atoms with Gasteiger partial charge in [0.05, 0.1) is 12.5 Å². The Labute approximate surface area is 137 Å². The largest absolute Gasteiger partial charge is 0.363 e. The first kappa shape index (κ1) is 14.6. The van der Waals surface area contributed by atoms with Crippen molar-refractivity contribution >= 4 is 5.91 Å². The van der Waals surface area contributed by atoms with Crippen LogP contribution in [0.3, 0.4) is 0 Å². The molecule has 1 aromatic heterocycles.